The Kier molecular flexibility index (Phi) is 6.55. The summed E-state index contributed by atoms with van der Waals surface area (Å²) in [6.45, 7) is 5.59. The summed E-state index contributed by atoms with van der Waals surface area (Å²) in [6.07, 6.45) is 0.577. The first-order valence-corrected chi connectivity index (χ1v) is 14.7. The summed E-state index contributed by atoms with van der Waals surface area (Å²) in [5.41, 5.74) is 3.93. The lowest BCUT2D eigenvalue weighted by atomic mass is 10.0. The molecule has 208 valence electrons. The Morgan fingerprint density at radius 1 is 1.02 bits per heavy atom. The molecule has 2 fully saturated rings. The van der Waals surface area contributed by atoms with Crippen LogP contribution in [0.15, 0.2) is 66.7 Å². The Labute approximate surface area is 241 Å². The van der Waals surface area contributed by atoms with Crippen LogP contribution in [0.1, 0.15) is 31.3 Å². The number of hydrogen-bond acceptors (Lipinski definition) is 6. The Hall–Kier alpha value is -4.08. The number of nitrogens with one attached hydrogen (secondary N) is 1. The van der Waals surface area contributed by atoms with Crippen LogP contribution in [-0.4, -0.2) is 49.6 Å². The third kappa shape index (κ3) is 4.69. The Bertz CT molecular complexity index is 1640. The van der Waals surface area contributed by atoms with E-state index in [0.717, 1.165) is 53.8 Å². The molecule has 3 aliphatic heterocycles. The highest BCUT2D eigenvalue weighted by atomic mass is 32.1. The molecule has 3 aliphatic rings. The zero-order chi connectivity index (χ0) is 28.1. The predicted octanol–water partition coefficient (Wildman–Crippen LogP) is 5.80. The summed E-state index contributed by atoms with van der Waals surface area (Å²) in [4.78, 5) is 37.4. The fourth-order valence-corrected chi connectivity index (χ4v) is 7.25. The lowest BCUT2D eigenvalue weighted by Crippen LogP contribution is -2.33. The zero-order valence-electron chi connectivity index (χ0n) is 22.6. The maximum atomic E-state index is 14.4. The molecule has 7 nitrogen and oxygen atoms in total. The van der Waals surface area contributed by atoms with Crippen LogP contribution in [0.5, 0.6) is 0 Å². The van der Waals surface area contributed by atoms with Gasteiger partial charge < -0.3 is 19.9 Å². The van der Waals surface area contributed by atoms with E-state index in [-0.39, 0.29) is 17.5 Å². The van der Waals surface area contributed by atoms with Gasteiger partial charge in [0.2, 0.25) is 0 Å². The highest BCUT2D eigenvalue weighted by molar-refractivity contribution is 7.17. The molecule has 0 aliphatic carbocycles. The number of ether oxygens (including phenoxy) is 1. The molecule has 9 heteroatoms. The predicted molar refractivity (Wildman–Crippen MR) is 158 cm³/mol. The van der Waals surface area contributed by atoms with E-state index < -0.39 is 5.82 Å². The third-order valence-electron chi connectivity index (χ3n) is 8.30. The average Bonchev–Trinajstić information content (AvgIpc) is 3.69. The molecule has 2 atom stereocenters. The fraction of sp³-hybridized carbons (Fsp3) is 0.281. The molecule has 0 unspecified atom stereocenters. The minimum Gasteiger partial charge on any atom is -0.381 e. The number of fused-ring (bicyclic) bond motifs is 4. The topological polar surface area (TPSA) is 74.8 Å². The molecule has 4 aromatic rings. The van der Waals surface area contributed by atoms with E-state index in [2.05, 4.69) is 10.2 Å². The normalized spacial score (nSPS) is 19.4. The van der Waals surface area contributed by atoms with Gasteiger partial charge in [0.05, 0.1) is 29.5 Å². The summed E-state index contributed by atoms with van der Waals surface area (Å²) in [7, 11) is 0. The number of halogens is 1. The van der Waals surface area contributed by atoms with Crippen LogP contribution in [0.25, 0.3) is 10.4 Å². The van der Waals surface area contributed by atoms with Gasteiger partial charge in [-0.3, -0.25) is 9.59 Å². The highest BCUT2D eigenvalue weighted by Gasteiger charge is 2.38. The molecule has 0 bridgehead atoms. The number of thiophene rings is 1. The number of aryl methyl sites for hydroxylation is 1. The average molecular weight is 569 g/mol. The van der Waals surface area contributed by atoms with Crippen molar-refractivity contribution in [2.75, 3.05) is 48.0 Å². The van der Waals surface area contributed by atoms with Crippen molar-refractivity contribution in [1.29, 1.82) is 0 Å². The second kappa shape index (κ2) is 10.4. The first kappa shape index (κ1) is 25.9. The van der Waals surface area contributed by atoms with Gasteiger partial charge in [0.25, 0.3) is 11.8 Å². The van der Waals surface area contributed by atoms with Crippen LogP contribution < -0.4 is 15.1 Å². The van der Waals surface area contributed by atoms with E-state index >= 15 is 0 Å². The van der Waals surface area contributed by atoms with Gasteiger partial charge in [-0.25, -0.2) is 9.37 Å². The molecule has 2 amide bonds. The summed E-state index contributed by atoms with van der Waals surface area (Å²) in [6, 6.07) is 20.0. The highest BCUT2D eigenvalue weighted by Crippen LogP contribution is 2.42. The van der Waals surface area contributed by atoms with Crippen LogP contribution >= 0.6 is 11.3 Å². The standard InChI is InChI=1S/C32H29FN4O3S/c1-19-6-4-8-24(33)29(19)35-31(38)27-14-20-12-13-37(26-10-3-2-7-23(26)30(20)41-27)32(39)25-9-5-11-28(34-25)36-15-21-17-40-18-22(21)16-36/h2-11,14,21-22H,12-13,15-18H2,1H3,(H,35,38)/t21-,22+. The van der Waals surface area contributed by atoms with Crippen LogP contribution in [-0.2, 0) is 11.2 Å². The number of carbonyl (C=O) groups is 2. The number of para-hydroxylation sites is 2. The molecule has 5 heterocycles. The number of anilines is 3. The minimum absolute atomic E-state index is 0.148. The van der Waals surface area contributed by atoms with Crippen LogP contribution in [0, 0.1) is 24.6 Å². The summed E-state index contributed by atoms with van der Waals surface area (Å²) in [5.74, 6) is 0.916. The van der Waals surface area contributed by atoms with E-state index in [1.165, 1.54) is 17.4 Å². The molecule has 0 radical (unpaired) electrons. The number of amides is 2. The summed E-state index contributed by atoms with van der Waals surface area (Å²) < 4.78 is 20.0. The first-order valence-electron chi connectivity index (χ1n) is 13.9. The van der Waals surface area contributed by atoms with Crippen molar-refractivity contribution in [2.24, 2.45) is 11.8 Å². The molecule has 41 heavy (non-hydrogen) atoms. The van der Waals surface area contributed by atoms with Crippen molar-refractivity contribution >= 4 is 40.3 Å². The fourth-order valence-electron chi connectivity index (χ4n) is 6.12. The Balaban J connectivity index is 1.16. The Morgan fingerprint density at radius 2 is 1.80 bits per heavy atom. The van der Waals surface area contributed by atoms with E-state index in [4.69, 9.17) is 9.72 Å². The number of rotatable bonds is 4. The van der Waals surface area contributed by atoms with E-state index in [1.807, 2.05) is 42.5 Å². The van der Waals surface area contributed by atoms with Gasteiger partial charge in [-0.15, -0.1) is 11.3 Å². The van der Waals surface area contributed by atoms with Gasteiger partial charge >= 0.3 is 0 Å². The quantitative estimate of drug-likeness (QED) is 0.337. The molecular weight excluding hydrogens is 539 g/mol. The monoisotopic (exact) mass is 568 g/mol. The number of pyridine rings is 1. The van der Waals surface area contributed by atoms with Crippen LogP contribution in [0.3, 0.4) is 0 Å². The maximum Gasteiger partial charge on any atom is 0.276 e. The van der Waals surface area contributed by atoms with Crippen molar-refractivity contribution in [1.82, 2.24) is 4.98 Å². The molecule has 2 saturated heterocycles. The van der Waals surface area contributed by atoms with Gasteiger partial charge in [-0.1, -0.05) is 36.4 Å². The molecular formula is C32H29FN4O3S. The van der Waals surface area contributed by atoms with Gasteiger partial charge in [-0.05, 0) is 54.8 Å². The molecule has 2 aromatic heterocycles. The van der Waals surface area contributed by atoms with Crippen molar-refractivity contribution in [2.45, 2.75) is 13.3 Å². The molecule has 0 saturated carbocycles. The smallest absolute Gasteiger partial charge is 0.276 e. The number of aromatic nitrogens is 1. The van der Waals surface area contributed by atoms with Crippen molar-refractivity contribution in [3.63, 3.8) is 0 Å². The Morgan fingerprint density at radius 3 is 2.61 bits per heavy atom. The molecule has 0 spiro atoms. The van der Waals surface area contributed by atoms with Gasteiger partial charge in [0.15, 0.2) is 0 Å². The number of hydrogen-bond donors (Lipinski definition) is 1. The first-order chi connectivity index (χ1) is 20.0. The second-order valence-corrected chi connectivity index (χ2v) is 12.0. The van der Waals surface area contributed by atoms with Gasteiger partial charge in [0, 0.05) is 41.9 Å². The minimum atomic E-state index is -0.463. The lowest BCUT2D eigenvalue weighted by Gasteiger charge is -2.24. The van der Waals surface area contributed by atoms with Crippen molar-refractivity contribution in [3.8, 4) is 10.4 Å². The third-order valence-corrected chi connectivity index (χ3v) is 9.51. The number of carbonyl (C=O) groups excluding carboxylic acids is 2. The number of benzene rings is 2. The SMILES string of the molecule is Cc1cccc(F)c1NC(=O)c1cc2c(s1)-c1ccccc1N(C(=O)c1cccc(N3C[C@H]4COC[C@H]4C3)n1)CC2. The summed E-state index contributed by atoms with van der Waals surface area (Å²) in [5, 5.41) is 2.75. The van der Waals surface area contributed by atoms with E-state index in [9.17, 15) is 14.0 Å². The molecule has 2 aromatic carbocycles. The van der Waals surface area contributed by atoms with Gasteiger partial charge in [0.1, 0.15) is 17.3 Å². The lowest BCUT2D eigenvalue weighted by molar-refractivity contribution is 0.0981. The van der Waals surface area contributed by atoms with Crippen LogP contribution in [0.2, 0.25) is 0 Å². The molecule has 7 rings (SSSR count). The largest absolute Gasteiger partial charge is 0.381 e. The molecule has 1 N–H and O–H groups in total. The van der Waals surface area contributed by atoms with Gasteiger partial charge in [-0.2, -0.15) is 0 Å². The van der Waals surface area contributed by atoms with E-state index in [0.29, 0.717) is 40.9 Å². The maximum absolute atomic E-state index is 14.4. The van der Waals surface area contributed by atoms with Crippen molar-refractivity contribution in [3.05, 3.63) is 94.2 Å². The second-order valence-electron chi connectivity index (χ2n) is 10.9. The summed E-state index contributed by atoms with van der Waals surface area (Å²) >= 11 is 1.36. The van der Waals surface area contributed by atoms with Crippen LogP contribution in [0.4, 0.5) is 21.6 Å². The zero-order valence-corrected chi connectivity index (χ0v) is 23.4. The number of nitrogens with zero attached hydrogens (tertiary/aromatic N) is 3. The van der Waals surface area contributed by atoms with Crippen molar-refractivity contribution < 1.29 is 18.7 Å². The van der Waals surface area contributed by atoms with E-state index in [1.54, 1.807) is 30.0 Å².